The molecule has 2 aromatic heterocycles. The number of aromatic nitrogens is 3. The van der Waals surface area contributed by atoms with Crippen molar-refractivity contribution in [2.24, 2.45) is 5.73 Å². The van der Waals surface area contributed by atoms with E-state index in [1.165, 1.54) is 4.90 Å². The number of fused-ring (bicyclic) bond motifs is 1. The molecule has 0 atom stereocenters. The Morgan fingerprint density at radius 2 is 1.86 bits per heavy atom. The van der Waals surface area contributed by atoms with Crippen LogP contribution in [0.2, 0.25) is 0 Å². The van der Waals surface area contributed by atoms with Crippen molar-refractivity contribution in [3.63, 3.8) is 0 Å². The van der Waals surface area contributed by atoms with Crippen LogP contribution in [0.1, 0.15) is 34.2 Å². The van der Waals surface area contributed by atoms with Crippen molar-refractivity contribution in [3.05, 3.63) is 58.4 Å². The van der Waals surface area contributed by atoms with E-state index in [-0.39, 0.29) is 5.91 Å². The number of nitrogens with zero attached hydrogens (tertiary/aromatic N) is 4. The van der Waals surface area contributed by atoms with E-state index in [1.807, 2.05) is 38.1 Å². The third kappa shape index (κ3) is 3.64. The summed E-state index contributed by atoms with van der Waals surface area (Å²) in [6, 6.07) is 9.46. The van der Waals surface area contributed by atoms with Gasteiger partial charge in [0.15, 0.2) is 5.65 Å². The number of rotatable bonds is 4. The van der Waals surface area contributed by atoms with E-state index in [2.05, 4.69) is 10.1 Å². The second-order valence-electron chi connectivity index (χ2n) is 7.05. The van der Waals surface area contributed by atoms with Gasteiger partial charge in [-0.05, 0) is 44.0 Å². The number of carbonyl (C=O) groups excluding carboxylic acids is 2. The van der Waals surface area contributed by atoms with Crippen molar-refractivity contribution in [3.8, 4) is 11.3 Å². The number of benzene rings is 1. The van der Waals surface area contributed by atoms with Crippen LogP contribution in [-0.2, 0) is 4.79 Å². The molecule has 7 nitrogen and oxygen atoms in total. The minimum absolute atomic E-state index is 0.148. The summed E-state index contributed by atoms with van der Waals surface area (Å²) in [6.45, 7) is 5.57. The van der Waals surface area contributed by atoms with E-state index in [0.717, 1.165) is 28.1 Å². The highest BCUT2D eigenvalue weighted by molar-refractivity contribution is 5.96. The molecule has 0 aliphatic carbocycles. The summed E-state index contributed by atoms with van der Waals surface area (Å²) < 4.78 is 1.73. The topological polar surface area (TPSA) is 93.6 Å². The Bertz CT molecular complexity index is 1130. The molecular formula is C21H23N5O2. The first kappa shape index (κ1) is 19.3. The number of hydrogen-bond donors (Lipinski definition) is 1. The van der Waals surface area contributed by atoms with Crippen LogP contribution >= 0.6 is 0 Å². The monoisotopic (exact) mass is 377 g/mol. The Hall–Kier alpha value is -3.48. The SMILES string of the molecule is C/C(=C\c1ccc(-c2cc3nc(C(=O)N(C)C)cc(C)n3n2)c(C)c1)C(N)=O. The van der Waals surface area contributed by atoms with Crippen LogP contribution in [0.25, 0.3) is 23.0 Å². The van der Waals surface area contributed by atoms with Gasteiger partial charge in [0.25, 0.3) is 5.91 Å². The summed E-state index contributed by atoms with van der Waals surface area (Å²) in [5.41, 5.74) is 11.3. The zero-order chi connectivity index (χ0) is 20.6. The van der Waals surface area contributed by atoms with Gasteiger partial charge in [0, 0.05) is 37.0 Å². The molecule has 3 aromatic rings. The first-order valence-corrected chi connectivity index (χ1v) is 8.85. The Balaban J connectivity index is 2.04. The second-order valence-corrected chi connectivity index (χ2v) is 7.05. The van der Waals surface area contributed by atoms with E-state index in [0.29, 0.717) is 16.9 Å². The average molecular weight is 377 g/mol. The number of hydrogen-bond acceptors (Lipinski definition) is 4. The Kier molecular flexibility index (Phi) is 5.00. The lowest BCUT2D eigenvalue weighted by molar-refractivity contribution is -0.114. The first-order valence-electron chi connectivity index (χ1n) is 8.85. The maximum atomic E-state index is 12.2. The van der Waals surface area contributed by atoms with Crippen molar-refractivity contribution in [2.45, 2.75) is 20.8 Å². The van der Waals surface area contributed by atoms with Crippen molar-refractivity contribution in [1.29, 1.82) is 0 Å². The fraction of sp³-hybridized carbons (Fsp3) is 0.238. The molecule has 1 aromatic carbocycles. The van der Waals surface area contributed by atoms with Gasteiger partial charge in [-0.1, -0.05) is 18.2 Å². The van der Waals surface area contributed by atoms with Crippen molar-refractivity contribution < 1.29 is 9.59 Å². The molecule has 3 rings (SSSR count). The summed E-state index contributed by atoms with van der Waals surface area (Å²) in [4.78, 5) is 29.4. The van der Waals surface area contributed by atoms with Crippen LogP contribution in [0.15, 0.2) is 35.9 Å². The first-order chi connectivity index (χ1) is 13.2. The second kappa shape index (κ2) is 7.26. The third-order valence-corrected chi connectivity index (χ3v) is 4.53. The number of nitrogens with two attached hydrogens (primary N) is 1. The molecule has 0 bridgehead atoms. The highest BCUT2D eigenvalue weighted by Gasteiger charge is 2.15. The van der Waals surface area contributed by atoms with E-state index in [1.54, 1.807) is 37.7 Å². The Morgan fingerprint density at radius 1 is 1.14 bits per heavy atom. The quantitative estimate of drug-likeness (QED) is 0.707. The molecule has 2 heterocycles. The minimum atomic E-state index is -0.438. The Labute approximate surface area is 163 Å². The molecule has 0 fully saturated rings. The van der Waals surface area contributed by atoms with Crippen LogP contribution < -0.4 is 5.73 Å². The molecule has 0 unspecified atom stereocenters. The molecule has 2 amide bonds. The lowest BCUT2D eigenvalue weighted by Gasteiger charge is -2.10. The molecule has 28 heavy (non-hydrogen) atoms. The van der Waals surface area contributed by atoms with Gasteiger partial charge >= 0.3 is 0 Å². The van der Waals surface area contributed by atoms with Crippen LogP contribution in [0.4, 0.5) is 0 Å². The molecule has 144 valence electrons. The maximum Gasteiger partial charge on any atom is 0.272 e. The van der Waals surface area contributed by atoms with Gasteiger partial charge in [-0.25, -0.2) is 9.50 Å². The molecule has 0 saturated heterocycles. The predicted octanol–water partition coefficient (Wildman–Crippen LogP) is 2.60. The molecule has 2 N–H and O–H groups in total. The van der Waals surface area contributed by atoms with E-state index in [4.69, 9.17) is 5.73 Å². The van der Waals surface area contributed by atoms with Gasteiger partial charge in [-0.15, -0.1) is 0 Å². The molecule has 0 saturated carbocycles. The van der Waals surface area contributed by atoms with Gasteiger partial charge in [0.05, 0.1) is 5.69 Å². The number of aryl methyl sites for hydroxylation is 2. The van der Waals surface area contributed by atoms with Crippen molar-refractivity contribution in [2.75, 3.05) is 14.1 Å². The lowest BCUT2D eigenvalue weighted by Crippen LogP contribution is -2.23. The summed E-state index contributed by atoms with van der Waals surface area (Å²) in [7, 11) is 3.40. The van der Waals surface area contributed by atoms with Crippen LogP contribution in [0.3, 0.4) is 0 Å². The largest absolute Gasteiger partial charge is 0.366 e. The fourth-order valence-corrected chi connectivity index (χ4v) is 2.98. The standard InChI is InChI=1S/C21H23N5O2/c1-12-8-15(9-13(2)20(22)27)6-7-16(12)17-11-19-23-18(21(28)25(4)5)10-14(3)26(19)24-17/h6-11H,1-5H3,(H2,22,27)/b13-9+. The average Bonchev–Trinajstić information content (AvgIpc) is 3.05. The van der Waals surface area contributed by atoms with Crippen LogP contribution in [0.5, 0.6) is 0 Å². The smallest absolute Gasteiger partial charge is 0.272 e. The van der Waals surface area contributed by atoms with Gasteiger partial charge in [0.2, 0.25) is 5.91 Å². The van der Waals surface area contributed by atoms with Crippen molar-refractivity contribution >= 4 is 23.5 Å². The molecule has 0 spiro atoms. The predicted molar refractivity (Wildman–Crippen MR) is 109 cm³/mol. The van der Waals surface area contributed by atoms with E-state index < -0.39 is 5.91 Å². The van der Waals surface area contributed by atoms with Gasteiger partial charge in [0.1, 0.15) is 5.69 Å². The van der Waals surface area contributed by atoms with Crippen molar-refractivity contribution in [1.82, 2.24) is 19.5 Å². The highest BCUT2D eigenvalue weighted by Crippen LogP contribution is 2.25. The highest BCUT2D eigenvalue weighted by atomic mass is 16.2. The number of amides is 2. The molecule has 0 aliphatic rings. The third-order valence-electron chi connectivity index (χ3n) is 4.53. The molecule has 0 aliphatic heterocycles. The fourth-order valence-electron chi connectivity index (χ4n) is 2.98. The maximum absolute atomic E-state index is 12.2. The summed E-state index contributed by atoms with van der Waals surface area (Å²) >= 11 is 0. The molecule has 7 heteroatoms. The molecule has 0 radical (unpaired) electrons. The summed E-state index contributed by atoms with van der Waals surface area (Å²) in [5, 5.41) is 4.65. The lowest BCUT2D eigenvalue weighted by atomic mass is 10.0. The minimum Gasteiger partial charge on any atom is -0.366 e. The number of primary amides is 1. The molecular weight excluding hydrogens is 354 g/mol. The van der Waals surface area contributed by atoms with Crippen LogP contribution in [0, 0.1) is 13.8 Å². The van der Waals surface area contributed by atoms with E-state index >= 15 is 0 Å². The van der Waals surface area contributed by atoms with Gasteiger partial charge < -0.3 is 10.6 Å². The van der Waals surface area contributed by atoms with Crippen LogP contribution in [-0.4, -0.2) is 45.4 Å². The van der Waals surface area contributed by atoms with E-state index in [9.17, 15) is 9.59 Å². The van der Waals surface area contributed by atoms with Gasteiger partial charge in [-0.2, -0.15) is 5.10 Å². The van der Waals surface area contributed by atoms with Gasteiger partial charge in [-0.3, -0.25) is 9.59 Å². The summed E-state index contributed by atoms with van der Waals surface area (Å²) in [5.74, 6) is -0.586. The summed E-state index contributed by atoms with van der Waals surface area (Å²) in [6.07, 6.45) is 1.76. The zero-order valence-electron chi connectivity index (χ0n) is 16.6. The normalized spacial score (nSPS) is 11.7. The number of carbonyl (C=O) groups is 2. The zero-order valence-corrected chi connectivity index (χ0v) is 16.6. The Morgan fingerprint density at radius 3 is 2.46 bits per heavy atom.